The van der Waals surface area contributed by atoms with Gasteiger partial charge in [0.2, 0.25) is 0 Å². The molecule has 29 heavy (non-hydrogen) atoms. The number of carbonyl (C=O) groups excluding carboxylic acids is 1. The molecule has 0 aliphatic heterocycles. The number of ether oxygens (including phenoxy) is 3. The average Bonchev–Trinajstić information content (AvgIpc) is 3.19. The van der Waals surface area contributed by atoms with Gasteiger partial charge in [-0.25, -0.2) is 0 Å². The van der Waals surface area contributed by atoms with Crippen LogP contribution in [0.15, 0.2) is 42.5 Å². The molecule has 0 bridgehead atoms. The minimum absolute atomic E-state index is 0.0236. The molecule has 8 heteroatoms. The van der Waals surface area contributed by atoms with E-state index in [9.17, 15) is 9.90 Å². The quantitative estimate of drug-likeness (QED) is 0.439. The standard InChI is InChI=1S/C21H22N2O5S/c1-12(2)11-28-17-8-5-13(9-18(17)26-3)14(10-19(25)27-4)20-16(24)7-6-15-21(20)23-29-22-15/h5-9,14,24H,1,10-11H2,2-4H3/t14-/m0/s1. The van der Waals surface area contributed by atoms with Crippen molar-refractivity contribution >= 4 is 28.7 Å². The zero-order chi connectivity index (χ0) is 21.0. The van der Waals surface area contributed by atoms with Crippen molar-refractivity contribution in [2.75, 3.05) is 20.8 Å². The molecule has 0 unspecified atom stereocenters. The molecule has 2 aromatic carbocycles. The van der Waals surface area contributed by atoms with E-state index < -0.39 is 11.9 Å². The smallest absolute Gasteiger partial charge is 0.306 e. The summed E-state index contributed by atoms with van der Waals surface area (Å²) in [5.41, 5.74) is 3.38. The maximum atomic E-state index is 12.2. The van der Waals surface area contributed by atoms with Crippen molar-refractivity contribution in [3.8, 4) is 17.2 Å². The van der Waals surface area contributed by atoms with Crippen LogP contribution in [0.1, 0.15) is 30.4 Å². The van der Waals surface area contributed by atoms with Crippen molar-refractivity contribution in [1.29, 1.82) is 0 Å². The van der Waals surface area contributed by atoms with Crippen LogP contribution in [0.2, 0.25) is 0 Å². The van der Waals surface area contributed by atoms with E-state index in [-0.39, 0.29) is 12.2 Å². The molecule has 0 spiro atoms. The molecule has 0 aliphatic rings. The molecule has 0 radical (unpaired) electrons. The fourth-order valence-electron chi connectivity index (χ4n) is 3.06. The number of phenolic OH excluding ortho intramolecular Hbond substituents is 1. The van der Waals surface area contributed by atoms with Gasteiger partial charge in [-0.15, -0.1) is 0 Å². The SMILES string of the molecule is C=C(C)COc1ccc([C@H](CC(=O)OC)c2c(O)ccc3nsnc23)cc1OC. The van der Waals surface area contributed by atoms with Crippen LogP contribution in [0.3, 0.4) is 0 Å². The molecule has 1 heterocycles. The summed E-state index contributed by atoms with van der Waals surface area (Å²) in [5.74, 6) is 0.214. The zero-order valence-electron chi connectivity index (χ0n) is 16.5. The van der Waals surface area contributed by atoms with Gasteiger partial charge in [0.25, 0.3) is 0 Å². The summed E-state index contributed by atoms with van der Waals surface area (Å²) < 4.78 is 24.6. The number of esters is 1. The molecule has 152 valence electrons. The van der Waals surface area contributed by atoms with Gasteiger partial charge in [0.05, 0.1) is 32.4 Å². The van der Waals surface area contributed by atoms with Gasteiger partial charge in [0, 0.05) is 11.5 Å². The maximum absolute atomic E-state index is 12.2. The van der Waals surface area contributed by atoms with Gasteiger partial charge in [-0.1, -0.05) is 12.6 Å². The van der Waals surface area contributed by atoms with Crippen molar-refractivity contribution in [2.45, 2.75) is 19.3 Å². The minimum Gasteiger partial charge on any atom is -0.508 e. The van der Waals surface area contributed by atoms with Crippen molar-refractivity contribution in [3.05, 3.63) is 53.6 Å². The highest BCUT2D eigenvalue weighted by molar-refractivity contribution is 7.00. The highest BCUT2D eigenvalue weighted by Gasteiger charge is 2.26. The van der Waals surface area contributed by atoms with E-state index in [0.29, 0.717) is 34.7 Å². The number of fused-ring (bicyclic) bond motifs is 1. The summed E-state index contributed by atoms with van der Waals surface area (Å²) in [7, 11) is 2.88. The largest absolute Gasteiger partial charge is 0.508 e. The Kier molecular flexibility index (Phi) is 6.33. The van der Waals surface area contributed by atoms with Gasteiger partial charge >= 0.3 is 5.97 Å². The Hall–Kier alpha value is -3.13. The Balaban J connectivity index is 2.10. The van der Waals surface area contributed by atoms with E-state index in [1.54, 1.807) is 31.4 Å². The Morgan fingerprint density at radius 1 is 1.21 bits per heavy atom. The molecule has 3 rings (SSSR count). The molecule has 3 aromatic rings. The summed E-state index contributed by atoms with van der Waals surface area (Å²) in [6, 6.07) is 8.66. The highest BCUT2D eigenvalue weighted by atomic mass is 32.1. The van der Waals surface area contributed by atoms with Crippen molar-refractivity contribution in [3.63, 3.8) is 0 Å². The lowest BCUT2D eigenvalue weighted by Crippen LogP contribution is -2.11. The van der Waals surface area contributed by atoms with E-state index >= 15 is 0 Å². The first kappa shape index (κ1) is 20.6. The number of rotatable bonds is 8. The second-order valence-corrected chi connectivity index (χ2v) is 7.15. The summed E-state index contributed by atoms with van der Waals surface area (Å²) in [6.07, 6.45) is 0.0236. The topological polar surface area (TPSA) is 90.8 Å². The molecule has 0 aliphatic carbocycles. The minimum atomic E-state index is -0.501. The van der Waals surface area contributed by atoms with E-state index in [4.69, 9.17) is 14.2 Å². The molecule has 0 fully saturated rings. The first-order valence-corrected chi connectivity index (χ1v) is 9.63. The molecule has 7 nitrogen and oxygen atoms in total. The Labute approximate surface area is 172 Å². The van der Waals surface area contributed by atoms with E-state index in [1.165, 1.54) is 7.11 Å². The number of hydrogen-bond donors (Lipinski definition) is 1. The zero-order valence-corrected chi connectivity index (χ0v) is 17.3. The molecule has 1 aromatic heterocycles. The number of phenols is 1. The fourth-order valence-corrected chi connectivity index (χ4v) is 3.61. The van der Waals surface area contributed by atoms with Crippen LogP contribution in [-0.4, -0.2) is 40.6 Å². The highest BCUT2D eigenvalue weighted by Crippen LogP contribution is 2.41. The lowest BCUT2D eigenvalue weighted by Gasteiger charge is -2.20. The second-order valence-electron chi connectivity index (χ2n) is 6.62. The van der Waals surface area contributed by atoms with E-state index in [0.717, 1.165) is 22.9 Å². The number of nitrogens with zero attached hydrogens (tertiary/aromatic N) is 2. The lowest BCUT2D eigenvalue weighted by atomic mass is 9.86. The lowest BCUT2D eigenvalue weighted by molar-refractivity contribution is -0.140. The molecular formula is C21H22N2O5S. The number of methoxy groups -OCH3 is 2. The average molecular weight is 414 g/mol. The van der Waals surface area contributed by atoms with Crippen LogP contribution in [0.25, 0.3) is 11.0 Å². The molecule has 0 saturated carbocycles. The predicted molar refractivity (Wildman–Crippen MR) is 111 cm³/mol. The van der Waals surface area contributed by atoms with Crippen LogP contribution in [0.5, 0.6) is 17.2 Å². The molecule has 1 atom stereocenters. The molecule has 0 amide bonds. The first-order valence-electron chi connectivity index (χ1n) is 8.90. The van der Waals surface area contributed by atoms with Gasteiger partial charge in [-0.3, -0.25) is 4.79 Å². The number of benzene rings is 2. The third-order valence-corrected chi connectivity index (χ3v) is 5.00. The van der Waals surface area contributed by atoms with Gasteiger partial charge in [0.1, 0.15) is 23.4 Å². The third kappa shape index (κ3) is 4.48. The van der Waals surface area contributed by atoms with Crippen molar-refractivity contribution in [2.24, 2.45) is 0 Å². The summed E-state index contributed by atoms with van der Waals surface area (Å²) >= 11 is 1.05. The van der Waals surface area contributed by atoms with Crippen LogP contribution in [0.4, 0.5) is 0 Å². The molecular weight excluding hydrogens is 392 g/mol. The summed E-state index contributed by atoms with van der Waals surface area (Å²) in [5, 5.41) is 10.6. The maximum Gasteiger partial charge on any atom is 0.306 e. The number of hydrogen-bond acceptors (Lipinski definition) is 8. The van der Waals surface area contributed by atoms with Crippen LogP contribution >= 0.6 is 11.7 Å². The fraction of sp³-hybridized carbons (Fsp3) is 0.286. The Bertz CT molecular complexity index is 1050. The van der Waals surface area contributed by atoms with E-state index in [1.807, 2.05) is 13.0 Å². The normalized spacial score (nSPS) is 11.8. The van der Waals surface area contributed by atoms with E-state index in [2.05, 4.69) is 15.3 Å². The van der Waals surface area contributed by atoms with Gasteiger partial charge < -0.3 is 19.3 Å². The van der Waals surface area contributed by atoms with Crippen molar-refractivity contribution in [1.82, 2.24) is 8.75 Å². The Morgan fingerprint density at radius 3 is 2.69 bits per heavy atom. The number of aromatic nitrogens is 2. The number of carbonyl (C=O) groups is 1. The van der Waals surface area contributed by atoms with Crippen LogP contribution < -0.4 is 9.47 Å². The van der Waals surface area contributed by atoms with Gasteiger partial charge in [-0.05, 0) is 42.3 Å². The predicted octanol–water partition coefficient (Wildman–Crippen LogP) is 4.06. The summed E-state index contributed by atoms with van der Waals surface area (Å²) in [6.45, 7) is 6.07. The van der Waals surface area contributed by atoms with Gasteiger partial charge in [-0.2, -0.15) is 8.75 Å². The number of aromatic hydroxyl groups is 1. The Morgan fingerprint density at radius 2 is 2.00 bits per heavy atom. The van der Waals surface area contributed by atoms with Crippen molar-refractivity contribution < 1.29 is 24.1 Å². The second kappa shape index (κ2) is 8.91. The molecule has 1 N–H and O–H groups in total. The van der Waals surface area contributed by atoms with Gasteiger partial charge in [0.15, 0.2) is 11.5 Å². The third-order valence-electron chi connectivity index (χ3n) is 4.46. The van der Waals surface area contributed by atoms with Crippen LogP contribution in [-0.2, 0) is 9.53 Å². The van der Waals surface area contributed by atoms with Crippen LogP contribution in [0, 0.1) is 0 Å². The molecule has 0 saturated heterocycles. The summed E-state index contributed by atoms with van der Waals surface area (Å²) in [4.78, 5) is 12.2. The monoisotopic (exact) mass is 414 g/mol. The first-order chi connectivity index (χ1) is 13.9.